The van der Waals surface area contributed by atoms with Gasteiger partial charge < -0.3 is 25.5 Å². The number of hydrogen-bond donors (Lipinski definition) is 3. The number of carbonyl (C=O) groups is 1. The maximum atomic E-state index is 12.7. The molecule has 0 saturated carbocycles. The molecule has 1 aliphatic rings. The maximum Gasteiger partial charge on any atom is 0.244 e. The van der Waals surface area contributed by atoms with Crippen LogP contribution in [0.15, 0.2) is 47.7 Å². The predicted molar refractivity (Wildman–Crippen MR) is 137 cm³/mol. The highest BCUT2D eigenvalue weighted by Crippen LogP contribution is 2.18. The molecule has 3 N–H and O–H groups in total. The molecule has 1 aromatic heterocycles. The van der Waals surface area contributed by atoms with Crippen molar-refractivity contribution in [1.82, 2.24) is 25.3 Å². The minimum absolute atomic E-state index is 0. The predicted octanol–water partition coefficient (Wildman–Crippen LogP) is 1.15. The van der Waals surface area contributed by atoms with E-state index in [-0.39, 0.29) is 43.0 Å². The van der Waals surface area contributed by atoms with Crippen LogP contribution in [0, 0.1) is 0 Å². The average molecular weight is 555 g/mol. The Hall–Kier alpha value is -2.34. The number of benzene rings is 1. The highest BCUT2D eigenvalue weighted by atomic mass is 127. The molecule has 10 heteroatoms. The third-order valence-electron chi connectivity index (χ3n) is 5.40. The second kappa shape index (κ2) is 12.0. The van der Waals surface area contributed by atoms with Gasteiger partial charge in [-0.3, -0.25) is 9.48 Å². The maximum absolute atomic E-state index is 12.7. The number of aryl methyl sites for hydroxylation is 1. The molecule has 9 nitrogen and oxygen atoms in total. The Bertz CT molecular complexity index is 877. The minimum atomic E-state index is -1.11. The van der Waals surface area contributed by atoms with Crippen LogP contribution in [-0.2, 0) is 17.4 Å². The molecule has 0 aliphatic carbocycles. The summed E-state index contributed by atoms with van der Waals surface area (Å²) in [5.74, 6) is 0.506. The van der Waals surface area contributed by atoms with Gasteiger partial charge in [0.25, 0.3) is 0 Å². The first-order valence-corrected chi connectivity index (χ1v) is 10.7. The normalized spacial score (nSPS) is 16.2. The summed E-state index contributed by atoms with van der Waals surface area (Å²) in [4.78, 5) is 21.2. The second-order valence-corrected chi connectivity index (χ2v) is 7.93. The summed E-state index contributed by atoms with van der Waals surface area (Å²) in [7, 11) is 1.81. The van der Waals surface area contributed by atoms with Gasteiger partial charge >= 0.3 is 0 Å². The highest BCUT2D eigenvalue weighted by molar-refractivity contribution is 14.0. The zero-order valence-corrected chi connectivity index (χ0v) is 21.3. The standard InChI is InChI=1S/C22H33N7O2.HI/c1-4-23-21(25-17-22(2,31)18-14-26-27(3)16-18)24-15-20(30)29-12-10-28(11-13-29)19-8-6-5-7-9-19;/h5-9,14,16,31H,4,10-13,15,17H2,1-3H3,(H2,23,24,25);1H. The van der Waals surface area contributed by atoms with Crippen LogP contribution in [0.5, 0.6) is 0 Å². The number of piperazine rings is 1. The molecule has 176 valence electrons. The van der Waals surface area contributed by atoms with Crippen molar-refractivity contribution < 1.29 is 9.90 Å². The molecule has 1 fully saturated rings. The molecular weight excluding hydrogens is 521 g/mol. The molecule has 0 spiro atoms. The molecule has 32 heavy (non-hydrogen) atoms. The van der Waals surface area contributed by atoms with E-state index >= 15 is 0 Å². The fraction of sp³-hybridized carbons (Fsp3) is 0.500. The number of rotatable bonds is 7. The SMILES string of the molecule is CCNC(=NCC(=O)N1CCN(c2ccccc2)CC1)NCC(C)(O)c1cnn(C)c1.I. The summed E-state index contributed by atoms with van der Waals surface area (Å²) in [6.07, 6.45) is 3.43. The van der Waals surface area contributed by atoms with Crippen molar-refractivity contribution >= 4 is 41.5 Å². The number of hydrogen-bond acceptors (Lipinski definition) is 5. The van der Waals surface area contributed by atoms with Crippen LogP contribution in [0.2, 0.25) is 0 Å². The van der Waals surface area contributed by atoms with E-state index in [0.29, 0.717) is 31.2 Å². The largest absolute Gasteiger partial charge is 0.383 e. The molecule has 0 radical (unpaired) electrons. The van der Waals surface area contributed by atoms with Crippen molar-refractivity contribution in [3.05, 3.63) is 48.3 Å². The molecule has 3 rings (SSSR count). The monoisotopic (exact) mass is 555 g/mol. The van der Waals surface area contributed by atoms with Crippen molar-refractivity contribution in [3.8, 4) is 0 Å². The lowest BCUT2D eigenvalue weighted by atomic mass is 10.00. The fourth-order valence-corrected chi connectivity index (χ4v) is 3.50. The van der Waals surface area contributed by atoms with Gasteiger partial charge in [-0.2, -0.15) is 5.10 Å². The van der Waals surface area contributed by atoms with E-state index in [9.17, 15) is 9.90 Å². The summed E-state index contributed by atoms with van der Waals surface area (Å²) < 4.78 is 1.65. The molecule has 0 bridgehead atoms. The van der Waals surface area contributed by atoms with Crippen LogP contribution in [0.1, 0.15) is 19.4 Å². The van der Waals surface area contributed by atoms with E-state index < -0.39 is 5.60 Å². The van der Waals surface area contributed by atoms with Gasteiger partial charge in [0.2, 0.25) is 5.91 Å². The number of halogens is 1. The van der Waals surface area contributed by atoms with E-state index in [4.69, 9.17) is 0 Å². The number of aromatic nitrogens is 2. The Kier molecular flexibility index (Phi) is 9.76. The molecular formula is C22H34IN7O2. The number of amides is 1. The molecule has 1 unspecified atom stereocenters. The molecule has 1 saturated heterocycles. The zero-order chi connectivity index (χ0) is 22.3. The number of nitrogens with one attached hydrogen (secondary N) is 2. The summed E-state index contributed by atoms with van der Waals surface area (Å²) >= 11 is 0. The van der Waals surface area contributed by atoms with E-state index in [1.165, 1.54) is 5.69 Å². The Morgan fingerprint density at radius 1 is 1.19 bits per heavy atom. The Morgan fingerprint density at radius 2 is 1.88 bits per heavy atom. The van der Waals surface area contributed by atoms with E-state index in [1.807, 2.05) is 37.1 Å². The van der Waals surface area contributed by atoms with Gasteiger partial charge in [0, 0.05) is 57.2 Å². The smallest absolute Gasteiger partial charge is 0.244 e. The van der Waals surface area contributed by atoms with E-state index in [2.05, 4.69) is 37.8 Å². The number of guanidine groups is 1. The summed E-state index contributed by atoms with van der Waals surface area (Å²) in [6, 6.07) is 10.3. The minimum Gasteiger partial charge on any atom is -0.383 e. The van der Waals surface area contributed by atoms with E-state index in [1.54, 1.807) is 24.0 Å². The van der Waals surface area contributed by atoms with Gasteiger partial charge in [-0.1, -0.05) is 18.2 Å². The number of anilines is 1. The first-order valence-electron chi connectivity index (χ1n) is 10.7. The van der Waals surface area contributed by atoms with Crippen LogP contribution in [0.3, 0.4) is 0 Å². The van der Waals surface area contributed by atoms with Crippen LogP contribution in [-0.4, -0.2) is 77.5 Å². The van der Waals surface area contributed by atoms with Crippen LogP contribution in [0.25, 0.3) is 0 Å². The lowest BCUT2D eigenvalue weighted by Crippen LogP contribution is -2.50. The third-order valence-corrected chi connectivity index (χ3v) is 5.40. The fourth-order valence-electron chi connectivity index (χ4n) is 3.50. The van der Waals surface area contributed by atoms with Crippen LogP contribution < -0.4 is 15.5 Å². The van der Waals surface area contributed by atoms with Gasteiger partial charge in [-0.25, -0.2) is 4.99 Å². The zero-order valence-electron chi connectivity index (χ0n) is 19.0. The number of carbonyl (C=O) groups excluding carboxylic acids is 1. The summed E-state index contributed by atoms with van der Waals surface area (Å²) in [5, 5.41) is 21.1. The average Bonchev–Trinajstić information content (AvgIpc) is 3.23. The number of nitrogens with zero attached hydrogens (tertiary/aromatic N) is 5. The second-order valence-electron chi connectivity index (χ2n) is 7.93. The van der Waals surface area contributed by atoms with Crippen molar-refractivity contribution in [3.63, 3.8) is 0 Å². The summed E-state index contributed by atoms with van der Waals surface area (Å²) in [5.41, 5.74) is 0.792. The van der Waals surface area contributed by atoms with Crippen LogP contribution in [0.4, 0.5) is 5.69 Å². The first-order chi connectivity index (χ1) is 14.9. The van der Waals surface area contributed by atoms with Crippen molar-refractivity contribution in [2.24, 2.45) is 12.0 Å². The van der Waals surface area contributed by atoms with Gasteiger partial charge in [-0.05, 0) is 26.0 Å². The first kappa shape index (κ1) is 25.9. The topological polar surface area (TPSA) is 98.0 Å². The van der Waals surface area contributed by atoms with Gasteiger partial charge in [-0.15, -0.1) is 24.0 Å². The van der Waals surface area contributed by atoms with E-state index in [0.717, 1.165) is 13.1 Å². The molecule has 1 amide bonds. The van der Waals surface area contributed by atoms with Gasteiger partial charge in [0.05, 0.1) is 12.7 Å². The molecule has 2 heterocycles. The van der Waals surface area contributed by atoms with Gasteiger partial charge in [0.1, 0.15) is 12.1 Å². The van der Waals surface area contributed by atoms with Crippen molar-refractivity contribution in [1.29, 1.82) is 0 Å². The van der Waals surface area contributed by atoms with Crippen molar-refractivity contribution in [2.45, 2.75) is 19.4 Å². The lowest BCUT2D eigenvalue weighted by Gasteiger charge is -2.36. The number of para-hydroxylation sites is 1. The molecule has 2 aromatic rings. The number of aliphatic hydroxyl groups is 1. The molecule has 1 aliphatic heterocycles. The number of aliphatic imine (C=N–C) groups is 1. The highest BCUT2D eigenvalue weighted by Gasteiger charge is 2.25. The Morgan fingerprint density at radius 3 is 2.47 bits per heavy atom. The van der Waals surface area contributed by atoms with Crippen molar-refractivity contribution in [2.75, 3.05) is 50.7 Å². The Labute approximate surface area is 206 Å². The quantitative estimate of drug-likeness (QED) is 0.270. The van der Waals surface area contributed by atoms with Crippen LogP contribution >= 0.6 is 24.0 Å². The molecule has 1 atom stereocenters. The summed E-state index contributed by atoms with van der Waals surface area (Å²) in [6.45, 7) is 7.64. The lowest BCUT2D eigenvalue weighted by molar-refractivity contribution is -0.129. The van der Waals surface area contributed by atoms with Gasteiger partial charge in [0.15, 0.2) is 5.96 Å². The molecule has 1 aromatic carbocycles. The Balaban J connectivity index is 0.00000363. The third kappa shape index (κ3) is 7.09.